The molecule has 3 rings (SSSR count). The number of aromatic nitrogens is 2. The molecule has 0 spiro atoms. The average molecular weight is 290 g/mol. The maximum Gasteiger partial charge on any atom is 0.146 e. The van der Waals surface area contributed by atoms with Gasteiger partial charge in [0.1, 0.15) is 16.5 Å². The molecule has 5 heteroatoms. The maximum absolute atomic E-state index is 4.77. The van der Waals surface area contributed by atoms with Crippen molar-refractivity contribution in [2.24, 2.45) is 0 Å². The van der Waals surface area contributed by atoms with Gasteiger partial charge in [-0.2, -0.15) is 0 Å². The van der Waals surface area contributed by atoms with Crippen molar-refractivity contribution in [2.45, 2.75) is 45.7 Å². The molecule has 1 aliphatic rings. The van der Waals surface area contributed by atoms with Gasteiger partial charge < -0.3 is 5.32 Å². The zero-order valence-corrected chi connectivity index (χ0v) is 13.5. The summed E-state index contributed by atoms with van der Waals surface area (Å²) in [5.41, 5.74) is 1.30. The van der Waals surface area contributed by atoms with Gasteiger partial charge in [-0.3, -0.25) is 4.90 Å². The van der Waals surface area contributed by atoms with Gasteiger partial charge in [0.15, 0.2) is 0 Å². The van der Waals surface area contributed by atoms with E-state index in [1.807, 2.05) is 7.05 Å². The Hall–Kier alpha value is -1.20. The van der Waals surface area contributed by atoms with E-state index in [0.29, 0.717) is 0 Å². The molecule has 0 bridgehead atoms. The molecule has 0 amide bonds. The average Bonchev–Trinajstić information content (AvgIpc) is 2.62. The van der Waals surface area contributed by atoms with Crippen LogP contribution in [0.15, 0.2) is 0 Å². The quantitative estimate of drug-likeness (QED) is 0.937. The highest BCUT2D eigenvalue weighted by Gasteiger charge is 2.23. The Morgan fingerprint density at radius 3 is 2.65 bits per heavy atom. The molecule has 108 valence electrons. The highest BCUT2D eigenvalue weighted by Crippen LogP contribution is 2.33. The number of hydrogen-bond donors (Lipinski definition) is 1. The lowest BCUT2D eigenvalue weighted by atomic mass is 9.92. The first-order valence-electron chi connectivity index (χ1n) is 7.24. The van der Waals surface area contributed by atoms with Gasteiger partial charge in [-0.05, 0) is 39.3 Å². The van der Waals surface area contributed by atoms with Gasteiger partial charge in [0.25, 0.3) is 0 Å². The molecule has 2 aromatic rings. The first kappa shape index (κ1) is 13.8. The summed E-state index contributed by atoms with van der Waals surface area (Å²) in [6.45, 7) is 5.14. The van der Waals surface area contributed by atoms with Crippen molar-refractivity contribution in [3.8, 4) is 0 Å². The van der Waals surface area contributed by atoms with Crippen LogP contribution in [0.25, 0.3) is 10.2 Å². The minimum atomic E-state index is 0.721. The molecular weight excluding hydrogens is 268 g/mol. The second-order valence-corrected chi connectivity index (χ2v) is 6.90. The zero-order valence-electron chi connectivity index (χ0n) is 12.7. The lowest BCUT2D eigenvalue weighted by Gasteiger charge is -2.34. The van der Waals surface area contributed by atoms with Crippen molar-refractivity contribution in [3.63, 3.8) is 0 Å². The molecule has 1 saturated carbocycles. The fourth-order valence-corrected chi connectivity index (χ4v) is 3.77. The molecule has 0 aliphatic heterocycles. The molecule has 2 heterocycles. The van der Waals surface area contributed by atoms with Crippen LogP contribution in [0.3, 0.4) is 0 Å². The summed E-state index contributed by atoms with van der Waals surface area (Å²) in [6.07, 6.45) is 3.99. The van der Waals surface area contributed by atoms with E-state index in [-0.39, 0.29) is 0 Å². The molecule has 0 radical (unpaired) electrons. The van der Waals surface area contributed by atoms with Crippen LogP contribution in [0.5, 0.6) is 0 Å². The third-order valence-corrected chi connectivity index (χ3v) is 5.50. The lowest BCUT2D eigenvalue weighted by Crippen LogP contribution is -2.37. The van der Waals surface area contributed by atoms with Crippen LogP contribution < -0.4 is 5.32 Å². The van der Waals surface area contributed by atoms with Crippen molar-refractivity contribution in [3.05, 3.63) is 16.3 Å². The normalized spacial score (nSPS) is 15.8. The number of nitrogens with one attached hydrogen (secondary N) is 1. The summed E-state index contributed by atoms with van der Waals surface area (Å²) in [5, 5.41) is 4.42. The second kappa shape index (κ2) is 5.30. The van der Waals surface area contributed by atoms with Crippen LogP contribution in [0.1, 0.15) is 35.5 Å². The Bertz CT molecular complexity index is 630. The Labute approximate surface area is 124 Å². The van der Waals surface area contributed by atoms with Gasteiger partial charge in [-0.15, -0.1) is 11.3 Å². The minimum Gasteiger partial charge on any atom is -0.372 e. The Morgan fingerprint density at radius 1 is 1.30 bits per heavy atom. The fraction of sp³-hybridized carbons (Fsp3) is 0.600. The smallest absolute Gasteiger partial charge is 0.146 e. The first-order valence-corrected chi connectivity index (χ1v) is 8.06. The summed E-state index contributed by atoms with van der Waals surface area (Å²) >= 11 is 1.77. The van der Waals surface area contributed by atoms with Gasteiger partial charge in [-0.1, -0.05) is 6.42 Å². The molecular formula is C15H22N4S. The van der Waals surface area contributed by atoms with E-state index < -0.39 is 0 Å². The summed E-state index contributed by atoms with van der Waals surface area (Å²) in [4.78, 5) is 14.3. The van der Waals surface area contributed by atoms with Crippen LogP contribution in [0, 0.1) is 13.8 Å². The molecule has 0 saturated heterocycles. The number of fused-ring (bicyclic) bond motifs is 1. The van der Waals surface area contributed by atoms with E-state index in [9.17, 15) is 0 Å². The SMILES string of the molecule is CNc1nc(CN(C)C2CCC2)nc2sc(C)c(C)c12. The van der Waals surface area contributed by atoms with E-state index in [2.05, 4.69) is 31.1 Å². The highest BCUT2D eigenvalue weighted by molar-refractivity contribution is 7.18. The van der Waals surface area contributed by atoms with E-state index >= 15 is 0 Å². The summed E-state index contributed by atoms with van der Waals surface area (Å²) in [7, 11) is 4.12. The van der Waals surface area contributed by atoms with Crippen molar-refractivity contribution in [1.82, 2.24) is 14.9 Å². The Balaban J connectivity index is 1.95. The number of aryl methyl sites for hydroxylation is 2. The number of hydrogen-bond acceptors (Lipinski definition) is 5. The highest BCUT2D eigenvalue weighted by atomic mass is 32.1. The number of rotatable bonds is 4. The van der Waals surface area contributed by atoms with E-state index in [0.717, 1.165) is 29.1 Å². The van der Waals surface area contributed by atoms with E-state index in [4.69, 9.17) is 9.97 Å². The molecule has 2 aromatic heterocycles. The maximum atomic E-state index is 4.77. The number of thiophene rings is 1. The second-order valence-electron chi connectivity index (χ2n) is 5.70. The van der Waals surface area contributed by atoms with Gasteiger partial charge >= 0.3 is 0 Å². The molecule has 20 heavy (non-hydrogen) atoms. The van der Waals surface area contributed by atoms with Crippen LogP contribution in [-0.4, -0.2) is 35.0 Å². The molecule has 0 unspecified atom stereocenters. The van der Waals surface area contributed by atoms with E-state index in [1.165, 1.54) is 35.1 Å². The largest absolute Gasteiger partial charge is 0.372 e. The fourth-order valence-electron chi connectivity index (χ4n) is 2.73. The molecule has 1 N–H and O–H groups in total. The van der Waals surface area contributed by atoms with Gasteiger partial charge in [0.2, 0.25) is 0 Å². The molecule has 1 fully saturated rings. The lowest BCUT2D eigenvalue weighted by molar-refractivity contribution is 0.149. The molecule has 0 atom stereocenters. The zero-order chi connectivity index (χ0) is 14.3. The Morgan fingerprint density at radius 2 is 2.05 bits per heavy atom. The van der Waals surface area contributed by atoms with Crippen LogP contribution in [0.4, 0.5) is 5.82 Å². The molecule has 0 aromatic carbocycles. The van der Waals surface area contributed by atoms with E-state index in [1.54, 1.807) is 11.3 Å². The van der Waals surface area contributed by atoms with Crippen molar-refractivity contribution >= 4 is 27.4 Å². The standard InChI is InChI=1S/C15H22N4S/c1-9-10(2)20-15-13(9)14(16-3)17-12(18-15)8-19(4)11-6-5-7-11/h11H,5-8H2,1-4H3,(H,16,17,18). The number of nitrogens with zero attached hydrogens (tertiary/aromatic N) is 3. The summed E-state index contributed by atoms with van der Waals surface area (Å²) in [5.74, 6) is 1.89. The topological polar surface area (TPSA) is 41.1 Å². The van der Waals surface area contributed by atoms with Gasteiger partial charge in [-0.25, -0.2) is 9.97 Å². The number of anilines is 1. The first-order chi connectivity index (χ1) is 9.60. The third-order valence-electron chi connectivity index (χ3n) is 4.40. The predicted octanol–water partition coefficient (Wildman–Crippen LogP) is 3.33. The molecule has 1 aliphatic carbocycles. The molecule has 4 nitrogen and oxygen atoms in total. The van der Waals surface area contributed by atoms with Crippen molar-refractivity contribution in [1.29, 1.82) is 0 Å². The monoisotopic (exact) mass is 290 g/mol. The van der Waals surface area contributed by atoms with Crippen molar-refractivity contribution in [2.75, 3.05) is 19.4 Å². The Kier molecular flexibility index (Phi) is 3.65. The van der Waals surface area contributed by atoms with Crippen molar-refractivity contribution < 1.29 is 0 Å². The summed E-state index contributed by atoms with van der Waals surface area (Å²) < 4.78 is 0. The minimum absolute atomic E-state index is 0.721. The summed E-state index contributed by atoms with van der Waals surface area (Å²) in [6, 6.07) is 0.721. The predicted molar refractivity (Wildman–Crippen MR) is 85.5 cm³/mol. The van der Waals surface area contributed by atoms with Gasteiger partial charge in [0.05, 0.1) is 11.9 Å². The van der Waals surface area contributed by atoms with Crippen LogP contribution >= 0.6 is 11.3 Å². The van der Waals surface area contributed by atoms with Crippen LogP contribution in [-0.2, 0) is 6.54 Å². The van der Waals surface area contributed by atoms with Gasteiger partial charge in [0, 0.05) is 18.0 Å². The third kappa shape index (κ3) is 2.29. The van der Waals surface area contributed by atoms with Crippen LogP contribution in [0.2, 0.25) is 0 Å².